The van der Waals surface area contributed by atoms with Gasteiger partial charge in [-0.2, -0.15) is 0 Å². The van der Waals surface area contributed by atoms with Gasteiger partial charge in [-0.1, -0.05) is 17.8 Å². The first kappa shape index (κ1) is 19.8. The summed E-state index contributed by atoms with van der Waals surface area (Å²) in [4.78, 5) is 15.0. The first-order chi connectivity index (χ1) is 15.1. The number of likely N-dealkylation sites (tertiary alicyclic amines) is 1. The van der Waals surface area contributed by atoms with Gasteiger partial charge in [0.1, 0.15) is 19.0 Å². The third kappa shape index (κ3) is 3.71. The van der Waals surface area contributed by atoms with Gasteiger partial charge in [0.2, 0.25) is 11.1 Å². The Kier molecular flexibility index (Phi) is 5.23. The molecule has 0 aliphatic carbocycles. The molecule has 10 heteroatoms. The zero-order valence-corrected chi connectivity index (χ0v) is 17.9. The van der Waals surface area contributed by atoms with Crippen molar-refractivity contribution in [3.63, 3.8) is 0 Å². The number of nitrogens with zero attached hydrogens (tertiary/aromatic N) is 4. The molecule has 4 heterocycles. The van der Waals surface area contributed by atoms with Gasteiger partial charge in [0.25, 0.3) is 0 Å². The fourth-order valence-corrected chi connectivity index (χ4v) is 4.81. The second-order valence-electron chi connectivity index (χ2n) is 7.50. The molecule has 1 aromatic carbocycles. The first-order valence-electron chi connectivity index (χ1n) is 10.2. The molecule has 1 saturated heterocycles. The Morgan fingerprint density at radius 2 is 2.06 bits per heavy atom. The standard InChI is InChI=1S/C21H23N5O4S/c1-13-15(6-8-28-13)20-23-24-21(26(20)22)31-12-19(27)25-7-2-3-16(25)14-4-5-17-18(11-14)30-10-9-29-17/h4-6,8,11,16H,2-3,7,9-10,12,22H2,1H3. The normalized spacial score (nSPS) is 17.8. The summed E-state index contributed by atoms with van der Waals surface area (Å²) in [5.74, 6) is 9.18. The van der Waals surface area contributed by atoms with Crippen LogP contribution in [0, 0.1) is 6.92 Å². The molecule has 0 radical (unpaired) electrons. The third-order valence-corrected chi connectivity index (χ3v) is 6.54. The topological polar surface area (TPSA) is 109 Å². The molecule has 31 heavy (non-hydrogen) atoms. The van der Waals surface area contributed by atoms with E-state index in [2.05, 4.69) is 10.2 Å². The third-order valence-electron chi connectivity index (χ3n) is 5.61. The van der Waals surface area contributed by atoms with Crippen LogP contribution in [0.25, 0.3) is 11.4 Å². The Bertz CT molecular complexity index is 1110. The number of hydrogen-bond acceptors (Lipinski definition) is 8. The lowest BCUT2D eigenvalue weighted by Crippen LogP contribution is -2.32. The molecule has 0 spiro atoms. The number of amides is 1. The van der Waals surface area contributed by atoms with Gasteiger partial charge in [-0.15, -0.1) is 10.2 Å². The molecule has 0 bridgehead atoms. The minimum absolute atomic E-state index is 0.0313. The van der Waals surface area contributed by atoms with Crippen molar-refractivity contribution in [3.05, 3.63) is 41.9 Å². The summed E-state index contributed by atoms with van der Waals surface area (Å²) >= 11 is 1.28. The second kappa shape index (κ2) is 8.18. The molecule has 5 rings (SSSR count). The number of benzene rings is 1. The first-order valence-corrected chi connectivity index (χ1v) is 11.2. The van der Waals surface area contributed by atoms with Gasteiger partial charge in [0.15, 0.2) is 17.3 Å². The average molecular weight is 442 g/mol. The van der Waals surface area contributed by atoms with Crippen molar-refractivity contribution < 1.29 is 18.7 Å². The Hall–Kier alpha value is -3.14. The van der Waals surface area contributed by atoms with Crippen molar-refractivity contribution in [2.24, 2.45) is 0 Å². The van der Waals surface area contributed by atoms with Crippen LogP contribution in [0.5, 0.6) is 11.5 Å². The van der Waals surface area contributed by atoms with Crippen LogP contribution in [0.2, 0.25) is 0 Å². The van der Waals surface area contributed by atoms with Gasteiger partial charge in [0.05, 0.1) is 23.6 Å². The number of hydrogen-bond donors (Lipinski definition) is 1. The number of carbonyl (C=O) groups excluding carboxylic acids is 1. The minimum Gasteiger partial charge on any atom is -0.486 e. The van der Waals surface area contributed by atoms with Crippen molar-refractivity contribution in [3.8, 4) is 22.9 Å². The van der Waals surface area contributed by atoms with E-state index in [-0.39, 0.29) is 17.7 Å². The number of carbonyl (C=O) groups is 1. The van der Waals surface area contributed by atoms with Crippen molar-refractivity contribution in [2.45, 2.75) is 31.0 Å². The summed E-state index contributed by atoms with van der Waals surface area (Å²) in [5, 5.41) is 8.78. The predicted molar refractivity (Wildman–Crippen MR) is 114 cm³/mol. The molecule has 2 N–H and O–H groups in total. The van der Waals surface area contributed by atoms with Crippen LogP contribution in [0.15, 0.2) is 40.1 Å². The van der Waals surface area contributed by atoms with Gasteiger partial charge >= 0.3 is 0 Å². The monoisotopic (exact) mass is 441 g/mol. The van der Waals surface area contributed by atoms with Crippen LogP contribution in [0.1, 0.15) is 30.2 Å². The average Bonchev–Trinajstić information content (AvgIpc) is 3.52. The zero-order chi connectivity index (χ0) is 21.4. The van der Waals surface area contributed by atoms with Gasteiger partial charge in [-0.3, -0.25) is 4.79 Å². The lowest BCUT2D eigenvalue weighted by molar-refractivity contribution is -0.129. The zero-order valence-electron chi connectivity index (χ0n) is 17.1. The minimum atomic E-state index is 0.0313. The molecule has 1 fully saturated rings. The Morgan fingerprint density at radius 3 is 2.87 bits per heavy atom. The quantitative estimate of drug-likeness (QED) is 0.476. The molecule has 1 atom stereocenters. The van der Waals surface area contributed by atoms with E-state index in [0.717, 1.165) is 42.0 Å². The molecule has 2 aromatic heterocycles. The van der Waals surface area contributed by atoms with E-state index < -0.39 is 0 Å². The van der Waals surface area contributed by atoms with Gasteiger partial charge in [-0.25, -0.2) is 4.68 Å². The summed E-state index contributed by atoms with van der Waals surface area (Å²) in [5.41, 5.74) is 1.85. The maximum Gasteiger partial charge on any atom is 0.233 e. The van der Waals surface area contributed by atoms with E-state index in [1.807, 2.05) is 30.0 Å². The van der Waals surface area contributed by atoms with Crippen LogP contribution in [-0.2, 0) is 4.79 Å². The fourth-order valence-electron chi connectivity index (χ4n) is 4.06. The number of fused-ring (bicyclic) bond motifs is 1. The number of rotatable bonds is 5. The number of furan rings is 1. The molecule has 0 saturated carbocycles. The number of aromatic nitrogens is 3. The van der Waals surface area contributed by atoms with Crippen LogP contribution in [-0.4, -0.2) is 51.2 Å². The van der Waals surface area contributed by atoms with E-state index in [4.69, 9.17) is 19.7 Å². The molecule has 1 amide bonds. The Labute approximate surface area is 183 Å². The smallest absolute Gasteiger partial charge is 0.233 e. The largest absolute Gasteiger partial charge is 0.486 e. The summed E-state index contributed by atoms with van der Waals surface area (Å²) < 4.78 is 18.0. The van der Waals surface area contributed by atoms with Crippen molar-refractivity contribution in [1.82, 2.24) is 19.8 Å². The van der Waals surface area contributed by atoms with Crippen LogP contribution < -0.4 is 15.3 Å². The van der Waals surface area contributed by atoms with Crippen LogP contribution >= 0.6 is 11.8 Å². The number of thioether (sulfide) groups is 1. The summed E-state index contributed by atoms with van der Waals surface area (Å²) in [7, 11) is 0. The van der Waals surface area contributed by atoms with E-state index >= 15 is 0 Å². The highest BCUT2D eigenvalue weighted by molar-refractivity contribution is 7.99. The Morgan fingerprint density at radius 1 is 1.23 bits per heavy atom. The summed E-state index contributed by atoms with van der Waals surface area (Å²) in [6, 6.07) is 7.77. The van der Waals surface area contributed by atoms with Crippen LogP contribution in [0.3, 0.4) is 0 Å². The SMILES string of the molecule is Cc1occc1-c1nnc(SCC(=O)N2CCCC2c2ccc3c(c2)OCCO3)n1N. The molecular formula is C21H23N5O4S. The van der Waals surface area contributed by atoms with E-state index in [9.17, 15) is 4.79 Å². The lowest BCUT2D eigenvalue weighted by Gasteiger charge is -2.26. The van der Waals surface area contributed by atoms with Gasteiger partial charge < -0.3 is 24.6 Å². The van der Waals surface area contributed by atoms with Crippen molar-refractivity contribution in [2.75, 3.05) is 31.4 Å². The number of nitrogens with two attached hydrogens (primary N) is 1. The molecular weight excluding hydrogens is 418 g/mol. The second-order valence-corrected chi connectivity index (χ2v) is 8.45. The molecule has 1 unspecified atom stereocenters. The molecule has 9 nitrogen and oxygen atoms in total. The van der Waals surface area contributed by atoms with Gasteiger partial charge in [0, 0.05) is 6.54 Å². The summed E-state index contributed by atoms with van der Waals surface area (Å²) in [6.45, 7) is 3.67. The lowest BCUT2D eigenvalue weighted by atomic mass is 10.0. The van der Waals surface area contributed by atoms with Crippen molar-refractivity contribution >= 4 is 17.7 Å². The summed E-state index contributed by atoms with van der Waals surface area (Å²) in [6.07, 6.45) is 3.47. The maximum absolute atomic E-state index is 13.0. The molecule has 3 aromatic rings. The number of aryl methyl sites for hydroxylation is 1. The van der Waals surface area contributed by atoms with Gasteiger partial charge in [-0.05, 0) is 43.5 Å². The fraction of sp³-hybridized carbons (Fsp3) is 0.381. The Balaban J connectivity index is 1.27. The maximum atomic E-state index is 13.0. The highest BCUT2D eigenvalue weighted by Gasteiger charge is 2.31. The van der Waals surface area contributed by atoms with E-state index in [1.165, 1.54) is 16.4 Å². The number of ether oxygens (including phenoxy) is 2. The highest BCUT2D eigenvalue weighted by atomic mass is 32.2. The van der Waals surface area contributed by atoms with Crippen LogP contribution in [0.4, 0.5) is 0 Å². The van der Waals surface area contributed by atoms with Crippen molar-refractivity contribution in [1.29, 1.82) is 0 Å². The predicted octanol–water partition coefficient (Wildman–Crippen LogP) is 2.79. The molecule has 2 aliphatic heterocycles. The number of nitrogen functional groups attached to an aromatic ring is 1. The van der Waals surface area contributed by atoms with E-state index in [0.29, 0.717) is 30.0 Å². The molecule has 162 valence electrons. The molecule has 2 aliphatic rings. The van der Waals surface area contributed by atoms with E-state index in [1.54, 1.807) is 12.3 Å². The highest BCUT2D eigenvalue weighted by Crippen LogP contribution is 2.38.